The van der Waals surface area contributed by atoms with Gasteiger partial charge in [0.25, 0.3) is 0 Å². The molecule has 0 rings (SSSR count). The maximum atomic E-state index is 10.7. The first kappa shape index (κ1) is 16.0. The lowest BCUT2D eigenvalue weighted by Gasteiger charge is -2.31. The van der Waals surface area contributed by atoms with E-state index in [9.17, 15) is 5.11 Å². The van der Waals surface area contributed by atoms with Crippen LogP contribution in [0, 0.1) is 17.8 Å². The molecular weight excluding hydrogens is 196 g/mol. The molecule has 0 unspecified atom stereocenters. The van der Waals surface area contributed by atoms with Gasteiger partial charge < -0.3 is 5.11 Å². The van der Waals surface area contributed by atoms with Gasteiger partial charge >= 0.3 is 0 Å². The molecule has 16 heavy (non-hydrogen) atoms. The average molecular weight is 228 g/mol. The van der Waals surface area contributed by atoms with Crippen molar-refractivity contribution in [1.82, 2.24) is 0 Å². The smallest absolute Gasteiger partial charge is 0.0650 e. The highest BCUT2D eigenvalue weighted by Crippen LogP contribution is 2.30. The topological polar surface area (TPSA) is 20.2 Å². The minimum absolute atomic E-state index is 0.414. The lowest BCUT2D eigenvalue weighted by Crippen LogP contribution is -2.31. The normalized spacial score (nSPS) is 13.1. The van der Waals surface area contributed by atoms with E-state index in [2.05, 4.69) is 41.5 Å². The molecule has 0 heterocycles. The quantitative estimate of drug-likeness (QED) is 0.642. The van der Waals surface area contributed by atoms with Crippen LogP contribution in [0.15, 0.2) is 0 Å². The van der Waals surface area contributed by atoms with E-state index in [0.717, 1.165) is 32.1 Å². The predicted octanol–water partition coefficient (Wildman–Crippen LogP) is 4.64. The zero-order chi connectivity index (χ0) is 12.8. The standard InChI is InChI=1S/C15H32O/c1-12(2)7-9-15(16,11-14(5)6)10-8-13(3)4/h12-14,16H,7-11H2,1-6H3. The van der Waals surface area contributed by atoms with E-state index in [1.54, 1.807) is 0 Å². The van der Waals surface area contributed by atoms with Crippen LogP contribution in [0.2, 0.25) is 0 Å². The second kappa shape index (κ2) is 7.32. The van der Waals surface area contributed by atoms with Gasteiger partial charge in [-0.1, -0.05) is 41.5 Å². The Hall–Kier alpha value is -0.0400. The molecule has 0 amide bonds. The van der Waals surface area contributed by atoms with Crippen molar-refractivity contribution in [3.63, 3.8) is 0 Å². The second-order valence-electron chi connectivity index (χ2n) is 6.69. The van der Waals surface area contributed by atoms with Gasteiger partial charge in [-0.3, -0.25) is 0 Å². The lowest BCUT2D eigenvalue weighted by molar-refractivity contribution is -0.00559. The molecule has 0 aliphatic rings. The van der Waals surface area contributed by atoms with E-state index in [4.69, 9.17) is 0 Å². The summed E-state index contributed by atoms with van der Waals surface area (Å²) < 4.78 is 0. The SMILES string of the molecule is CC(C)CCC(O)(CCC(C)C)CC(C)C. The fourth-order valence-electron chi connectivity index (χ4n) is 2.20. The van der Waals surface area contributed by atoms with Crippen LogP contribution in [-0.4, -0.2) is 10.7 Å². The first-order valence-electron chi connectivity index (χ1n) is 6.97. The number of hydrogen-bond acceptors (Lipinski definition) is 1. The summed E-state index contributed by atoms with van der Waals surface area (Å²) in [4.78, 5) is 0. The van der Waals surface area contributed by atoms with E-state index >= 15 is 0 Å². The lowest BCUT2D eigenvalue weighted by atomic mass is 9.81. The largest absolute Gasteiger partial charge is 0.390 e. The Morgan fingerprint density at radius 1 is 0.750 bits per heavy atom. The second-order valence-corrected chi connectivity index (χ2v) is 6.69. The molecule has 0 aromatic heterocycles. The summed E-state index contributed by atoms with van der Waals surface area (Å²) in [5, 5.41) is 10.7. The minimum atomic E-state index is -0.414. The van der Waals surface area contributed by atoms with Crippen LogP contribution < -0.4 is 0 Å². The summed E-state index contributed by atoms with van der Waals surface area (Å²) >= 11 is 0. The Bertz CT molecular complexity index is 158. The Labute approximate surface area is 103 Å². The van der Waals surface area contributed by atoms with Gasteiger partial charge in [-0.15, -0.1) is 0 Å². The molecule has 0 aliphatic carbocycles. The van der Waals surface area contributed by atoms with Crippen molar-refractivity contribution >= 4 is 0 Å². The Kier molecular flexibility index (Phi) is 7.30. The van der Waals surface area contributed by atoms with Crippen molar-refractivity contribution in [3.05, 3.63) is 0 Å². The zero-order valence-corrected chi connectivity index (χ0v) is 12.2. The highest BCUT2D eigenvalue weighted by Gasteiger charge is 2.27. The Morgan fingerprint density at radius 3 is 1.38 bits per heavy atom. The monoisotopic (exact) mass is 228 g/mol. The summed E-state index contributed by atoms with van der Waals surface area (Å²) in [6.07, 6.45) is 5.17. The molecule has 0 aliphatic heterocycles. The summed E-state index contributed by atoms with van der Waals surface area (Å²) in [6.45, 7) is 13.3. The summed E-state index contributed by atoms with van der Waals surface area (Å²) in [7, 11) is 0. The number of rotatable bonds is 8. The molecule has 1 N–H and O–H groups in total. The van der Waals surface area contributed by atoms with E-state index in [0.29, 0.717) is 17.8 Å². The fourth-order valence-corrected chi connectivity index (χ4v) is 2.20. The van der Waals surface area contributed by atoms with Crippen LogP contribution in [-0.2, 0) is 0 Å². The van der Waals surface area contributed by atoms with Crippen LogP contribution >= 0.6 is 0 Å². The summed E-state index contributed by atoms with van der Waals surface area (Å²) in [6, 6.07) is 0. The molecular formula is C15H32O. The van der Waals surface area contributed by atoms with Gasteiger partial charge in [-0.2, -0.15) is 0 Å². The highest BCUT2D eigenvalue weighted by molar-refractivity contribution is 4.80. The maximum absolute atomic E-state index is 10.7. The molecule has 0 saturated carbocycles. The first-order valence-corrected chi connectivity index (χ1v) is 6.97. The van der Waals surface area contributed by atoms with Crippen LogP contribution in [0.4, 0.5) is 0 Å². The van der Waals surface area contributed by atoms with Crippen LogP contribution in [0.5, 0.6) is 0 Å². The van der Waals surface area contributed by atoms with E-state index < -0.39 is 5.60 Å². The van der Waals surface area contributed by atoms with E-state index in [-0.39, 0.29) is 0 Å². The number of aliphatic hydroxyl groups is 1. The molecule has 0 saturated heterocycles. The van der Waals surface area contributed by atoms with E-state index in [1.165, 1.54) is 0 Å². The Morgan fingerprint density at radius 2 is 1.12 bits per heavy atom. The van der Waals surface area contributed by atoms with Gasteiger partial charge in [-0.05, 0) is 49.9 Å². The van der Waals surface area contributed by atoms with Crippen molar-refractivity contribution in [2.75, 3.05) is 0 Å². The third kappa shape index (κ3) is 8.15. The van der Waals surface area contributed by atoms with Crippen molar-refractivity contribution in [1.29, 1.82) is 0 Å². The molecule has 0 aromatic rings. The van der Waals surface area contributed by atoms with Gasteiger partial charge in [0.2, 0.25) is 0 Å². The van der Waals surface area contributed by atoms with Crippen molar-refractivity contribution in [2.45, 2.75) is 79.2 Å². The first-order chi connectivity index (χ1) is 7.25. The summed E-state index contributed by atoms with van der Waals surface area (Å²) in [5.41, 5.74) is -0.414. The molecule has 0 radical (unpaired) electrons. The molecule has 0 atom stereocenters. The highest BCUT2D eigenvalue weighted by atomic mass is 16.3. The fraction of sp³-hybridized carbons (Fsp3) is 1.00. The van der Waals surface area contributed by atoms with E-state index in [1.807, 2.05) is 0 Å². The van der Waals surface area contributed by atoms with Gasteiger partial charge in [0, 0.05) is 0 Å². The minimum Gasteiger partial charge on any atom is -0.390 e. The molecule has 0 fully saturated rings. The molecule has 0 spiro atoms. The predicted molar refractivity (Wildman–Crippen MR) is 72.5 cm³/mol. The van der Waals surface area contributed by atoms with Gasteiger partial charge in [-0.25, -0.2) is 0 Å². The van der Waals surface area contributed by atoms with Crippen LogP contribution in [0.3, 0.4) is 0 Å². The molecule has 98 valence electrons. The van der Waals surface area contributed by atoms with Gasteiger partial charge in [0.05, 0.1) is 5.60 Å². The molecule has 1 nitrogen and oxygen atoms in total. The van der Waals surface area contributed by atoms with Crippen molar-refractivity contribution < 1.29 is 5.11 Å². The van der Waals surface area contributed by atoms with Crippen molar-refractivity contribution in [3.8, 4) is 0 Å². The number of hydrogen-bond donors (Lipinski definition) is 1. The third-order valence-electron chi connectivity index (χ3n) is 3.16. The van der Waals surface area contributed by atoms with Crippen LogP contribution in [0.25, 0.3) is 0 Å². The average Bonchev–Trinajstić information content (AvgIpc) is 2.11. The maximum Gasteiger partial charge on any atom is 0.0650 e. The van der Waals surface area contributed by atoms with Crippen LogP contribution in [0.1, 0.15) is 73.6 Å². The third-order valence-corrected chi connectivity index (χ3v) is 3.16. The van der Waals surface area contributed by atoms with Crippen molar-refractivity contribution in [2.24, 2.45) is 17.8 Å². The van der Waals surface area contributed by atoms with Gasteiger partial charge in [0.15, 0.2) is 0 Å². The Balaban J connectivity index is 4.23. The zero-order valence-electron chi connectivity index (χ0n) is 12.2. The molecule has 0 aromatic carbocycles. The molecule has 1 heteroatoms. The molecule has 0 bridgehead atoms. The van der Waals surface area contributed by atoms with Gasteiger partial charge in [0.1, 0.15) is 0 Å². The summed E-state index contributed by atoms with van der Waals surface area (Å²) in [5.74, 6) is 1.97.